The Morgan fingerprint density at radius 3 is 2.56 bits per heavy atom. The number of rotatable bonds is 10. The average molecular weight is 495 g/mol. The quantitative estimate of drug-likeness (QED) is 0.216. The van der Waals surface area contributed by atoms with Gasteiger partial charge >= 0.3 is 0 Å². The lowest BCUT2D eigenvalue weighted by Gasteiger charge is -2.27. The molecule has 1 N–H and O–H groups in total. The minimum atomic E-state index is 0. The van der Waals surface area contributed by atoms with Crippen molar-refractivity contribution in [3.63, 3.8) is 0 Å². The van der Waals surface area contributed by atoms with E-state index in [1.54, 1.807) is 0 Å². The molecule has 0 amide bonds. The molecule has 6 heteroatoms. The Balaban J connectivity index is 0.00000364. The first-order valence-corrected chi connectivity index (χ1v) is 11.1. The van der Waals surface area contributed by atoms with Crippen molar-refractivity contribution in [3.05, 3.63) is 0 Å². The lowest BCUT2D eigenvalue weighted by molar-refractivity contribution is 0.0625. The maximum atomic E-state index is 5.46. The largest absolute Gasteiger partial charge is 0.381 e. The van der Waals surface area contributed by atoms with Gasteiger partial charge in [0.05, 0.1) is 0 Å². The van der Waals surface area contributed by atoms with E-state index in [0.717, 1.165) is 44.7 Å². The summed E-state index contributed by atoms with van der Waals surface area (Å²) in [5.41, 5.74) is 0. The van der Waals surface area contributed by atoms with Gasteiger partial charge in [0.15, 0.2) is 5.96 Å². The standard InChI is InChI=1S/C21H42N4O.HI/c1-3-22-21(24(2)17-10-20-11-18-26-19-12-20)23-13-6-4-7-14-25-15-8-5-9-16-25;/h20H,3-19H2,1-2H3,(H,22,23);1H. The molecule has 0 spiro atoms. The Morgan fingerprint density at radius 1 is 1.11 bits per heavy atom. The minimum absolute atomic E-state index is 0. The van der Waals surface area contributed by atoms with Gasteiger partial charge in [0.2, 0.25) is 0 Å². The van der Waals surface area contributed by atoms with Crippen molar-refractivity contribution < 1.29 is 4.74 Å². The fourth-order valence-electron chi connectivity index (χ4n) is 3.98. The third-order valence-corrected chi connectivity index (χ3v) is 5.75. The molecule has 0 radical (unpaired) electrons. The van der Waals surface area contributed by atoms with E-state index >= 15 is 0 Å². The molecule has 2 rings (SSSR count). The summed E-state index contributed by atoms with van der Waals surface area (Å²) in [6, 6.07) is 0. The van der Waals surface area contributed by atoms with E-state index in [1.807, 2.05) is 0 Å². The molecule has 2 heterocycles. The second-order valence-corrected chi connectivity index (χ2v) is 7.96. The molecule has 2 aliphatic heterocycles. The number of nitrogens with zero attached hydrogens (tertiary/aromatic N) is 3. The molecule has 0 saturated carbocycles. The van der Waals surface area contributed by atoms with Crippen molar-refractivity contribution >= 4 is 29.9 Å². The van der Waals surface area contributed by atoms with Crippen molar-refractivity contribution in [1.29, 1.82) is 0 Å². The van der Waals surface area contributed by atoms with Gasteiger partial charge in [0, 0.05) is 39.9 Å². The van der Waals surface area contributed by atoms with Gasteiger partial charge in [-0.25, -0.2) is 0 Å². The van der Waals surface area contributed by atoms with Crippen LogP contribution < -0.4 is 5.32 Å². The van der Waals surface area contributed by atoms with Crippen molar-refractivity contribution in [2.75, 3.05) is 59.5 Å². The van der Waals surface area contributed by atoms with E-state index in [2.05, 4.69) is 29.1 Å². The zero-order chi connectivity index (χ0) is 18.5. The topological polar surface area (TPSA) is 40.1 Å². The van der Waals surface area contributed by atoms with E-state index in [4.69, 9.17) is 9.73 Å². The predicted octanol–water partition coefficient (Wildman–Crippen LogP) is 3.97. The smallest absolute Gasteiger partial charge is 0.193 e. The van der Waals surface area contributed by atoms with Crippen molar-refractivity contribution in [2.45, 2.75) is 64.7 Å². The first-order valence-electron chi connectivity index (χ1n) is 11.1. The second kappa shape index (κ2) is 15.8. The minimum Gasteiger partial charge on any atom is -0.381 e. The van der Waals surface area contributed by atoms with Crippen molar-refractivity contribution in [2.24, 2.45) is 10.9 Å². The molecule has 0 aromatic heterocycles. The summed E-state index contributed by atoms with van der Waals surface area (Å²) in [5, 5.41) is 3.46. The van der Waals surface area contributed by atoms with Crippen LogP contribution in [-0.4, -0.2) is 75.3 Å². The van der Waals surface area contributed by atoms with Gasteiger partial charge in [0.1, 0.15) is 0 Å². The van der Waals surface area contributed by atoms with Crippen LogP contribution in [0.15, 0.2) is 4.99 Å². The van der Waals surface area contributed by atoms with Crippen LogP contribution in [-0.2, 0) is 4.74 Å². The summed E-state index contributed by atoms with van der Waals surface area (Å²) in [6.07, 6.45) is 11.7. The fraction of sp³-hybridized carbons (Fsp3) is 0.952. The second-order valence-electron chi connectivity index (χ2n) is 7.96. The molecule has 0 bridgehead atoms. The van der Waals surface area contributed by atoms with Gasteiger partial charge in [-0.1, -0.05) is 12.8 Å². The number of nitrogens with one attached hydrogen (secondary N) is 1. The zero-order valence-corrected chi connectivity index (χ0v) is 20.1. The van der Waals surface area contributed by atoms with Gasteiger partial charge in [-0.2, -0.15) is 0 Å². The van der Waals surface area contributed by atoms with Crippen molar-refractivity contribution in [3.8, 4) is 0 Å². The van der Waals surface area contributed by atoms with Crippen LogP contribution in [0.25, 0.3) is 0 Å². The number of piperidine rings is 1. The molecule has 2 aliphatic rings. The molecule has 2 saturated heterocycles. The lowest BCUT2D eigenvalue weighted by atomic mass is 9.96. The lowest BCUT2D eigenvalue weighted by Crippen LogP contribution is -2.40. The van der Waals surface area contributed by atoms with Crippen LogP contribution in [0.1, 0.15) is 64.7 Å². The number of likely N-dealkylation sites (tertiary alicyclic amines) is 1. The van der Waals surface area contributed by atoms with Crippen LogP contribution in [0.4, 0.5) is 0 Å². The molecule has 0 aromatic rings. The van der Waals surface area contributed by atoms with E-state index in [-0.39, 0.29) is 24.0 Å². The molecule has 5 nitrogen and oxygen atoms in total. The van der Waals surface area contributed by atoms with Crippen LogP contribution in [0.2, 0.25) is 0 Å². The number of aliphatic imine (C=N–C) groups is 1. The maximum Gasteiger partial charge on any atom is 0.193 e. The Morgan fingerprint density at radius 2 is 1.85 bits per heavy atom. The van der Waals surface area contributed by atoms with Gasteiger partial charge in [-0.3, -0.25) is 4.99 Å². The van der Waals surface area contributed by atoms with Crippen LogP contribution in [0, 0.1) is 5.92 Å². The highest BCUT2D eigenvalue weighted by Gasteiger charge is 2.15. The summed E-state index contributed by atoms with van der Waals surface area (Å²) >= 11 is 0. The summed E-state index contributed by atoms with van der Waals surface area (Å²) in [7, 11) is 2.18. The van der Waals surface area contributed by atoms with Gasteiger partial charge in [-0.05, 0) is 77.4 Å². The van der Waals surface area contributed by atoms with Gasteiger partial charge < -0.3 is 19.9 Å². The Hall–Kier alpha value is -0.0800. The van der Waals surface area contributed by atoms with E-state index in [0.29, 0.717) is 0 Å². The number of unbranched alkanes of at least 4 members (excludes halogenated alkanes) is 2. The summed E-state index contributed by atoms with van der Waals surface area (Å²) in [5.74, 6) is 1.90. The molecule has 0 aliphatic carbocycles. The number of hydrogen-bond donors (Lipinski definition) is 1. The Labute approximate surface area is 184 Å². The third-order valence-electron chi connectivity index (χ3n) is 5.75. The molecule has 0 aromatic carbocycles. The van der Waals surface area contributed by atoms with E-state index in [9.17, 15) is 0 Å². The zero-order valence-electron chi connectivity index (χ0n) is 17.8. The number of halogens is 1. The van der Waals surface area contributed by atoms with E-state index in [1.165, 1.54) is 77.4 Å². The summed E-state index contributed by atoms with van der Waals surface area (Å²) in [4.78, 5) is 9.81. The van der Waals surface area contributed by atoms with E-state index < -0.39 is 0 Å². The SMILES string of the molecule is CCNC(=NCCCCCN1CCCCC1)N(C)CCC1CCOCC1.I. The van der Waals surface area contributed by atoms with Crippen LogP contribution in [0.3, 0.4) is 0 Å². The summed E-state index contributed by atoms with van der Waals surface area (Å²) < 4.78 is 5.46. The van der Waals surface area contributed by atoms with Crippen LogP contribution in [0.5, 0.6) is 0 Å². The summed E-state index contributed by atoms with van der Waals surface area (Å²) in [6.45, 7) is 10.9. The molecule has 2 fully saturated rings. The highest BCUT2D eigenvalue weighted by atomic mass is 127. The molecular weight excluding hydrogens is 451 g/mol. The molecule has 160 valence electrons. The Kier molecular flexibility index (Phi) is 14.6. The first-order chi connectivity index (χ1) is 12.8. The molecule has 0 unspecified atom stereocenters. The number of hydrogen-bond acceptors (Lipinski definition) is 3. The predicted molar refractivity (Wildman–Crippen MR) is 126 cm³/mol. The molecule has 0 atom stereocenters. The van der Waals surface area contributed by atoms with Crippen molar-refractivity contribution in [1.82, 2.24) is 15.1 Å². The van der Waals surface area contributed by atoms with Gasteiger partial charge in [0.25, 0.3) is 0 Å². The number of ether oxygens (including phenoxy) is 1. The maximum absolute atomic E-state index is 5.46. The fourth-order valence-corrected chi connectivity index (χ4v) is 3.98. The first kappa shape index (κ1) is 25.0. The average Bonchev–Trinajstić information content (AvgIpc) is 2.69. The molecule has 27 heavy (non-hydrogen) atoms. The Bertz CT molecular complexity index is 382. The van der Waals surface area contributed by atoms with Crippen LogP contribution >= 0.6 is 24.0 Å². The normalized spacial score (nSPS) is 19.6. The monoisotopic (exact) mass is 494 g/mol. The van der Waals surface area contributed by atoms with Gasteiger partial charge in [-0.15, -0.1) is 24.0 Å². The number of guanidine groups is 1. The third kappa shape index (κ3) is 10.9. The highest BCUT2D eigenvalue weighted by Crippen LogP contribution is 2.18. The highest BCUT2D eigenvalue weighted by molar-refractivity contribution is 14.0. The molecular formula is C21H43IN4O.